The lowest BCUT2D eigenvalue weighted by Crippen LogP contribution is -2.58. The molecule has 1 spiro atoms. The van der Waals surface area contributed by atoms with Gasteiger partial charge in [0.2, 0.25) is 11.8 Å². The van der Waals surface area contributed by atoms with Gasteiger partial charge in [-0.2, -0.15) is 0 Å². The largest absolute Gasteiger partial charge is 0.354 e. The molecule has 1 atom stereocenters. The number of anilines is 1. The van der Waals surface area contributed by atoms with Crippen molar-refractivity contribution >= 4 is 23.4 Å². The van der Waals surface area contributed by atoms with E-state index in [1.165, 1.54) is 0 Å². The van der Waals surface area contributed by atoms with Gasteiger partial charge in [0, 0.05) is 25.3 Å². The molecule has 1 unspecified atom stereocenters. The maximum atomic E-state index is 13.8. The molecule has 192 valence electrons. The Hall–Kier alpha value is -3.35. The van der Waals surface area contributed by atoms with Gasteiger partial charge in [-0.3, -0.25) is 14.4 Å². The lowest BCUT2D eigenvalue weighted by molar-refractivity contribution is -0.140. The minimum atomic E-state index is -0.745. The molecular weight excluding hydrogens is 452 g/mol. The van der Waals surface area contributed by atoms with Crippen molar-refractivity contribution in [2.75, 3.05) is 37.7 Å². The Balaban J connectivity index is 1.51. The van der Waals surface area contributed by atoms with Crippen LogP contribution in [0.4, 0.5) is 5.69 Å². The highest BCUT2D eigenvalue weighted by Gasteiger charge is 2.54. The molecule has 7 nitrogen and oxygen atoms in total. The third-order valence-electron chi connectivity index (χ3n) is 7.43. The number of amides is 3. The average Bonchev–Trinajstić information content (AvgIpc) is 3.15. The first kappa shape index (κ1) is 25.7. The summed E-state index contributed by atoms with van der Waals surface area (Å²) in [4.78, 5) is 45.6. The van der Waals surface area contributed by atoms with Gasteiger partial charge in [0.1, 0.15) is 12.1 Å². The summed E-state index contributed by atoms with van der Waals surface area (Å²) in [5.41, 5.74) is 1.25. The van der Waals surface area contributed by atoms with E-state index in [1.807, 2.05) is 86.3 Å². The first-order valence-electron chi connectivity index (χ1n) is 13.1. The Labute approximate surface area is 214 Å². The van der Waals surface area contributed by atoms with E-state index in [1.54, 1.807) is 4.90 Å². The average molecular weight is 491 g/mol. The Morgan fingerprint density at radius 1 is 0.972 bits per heavy atom. The van der Waals surface area contributed by atoms with Gasteiger partial charge in [0.25, 0.3) is 5.91 Å². The Kier molecular flexibility index (Phi) is 7.97. The molecule has 2 heterocycles. The van der Waals surface area contributed by atoms with Gasteiger partial charge >= 0.3 is 0 Å². The zero-order valence-corrected chi connectivity index (χ0v) is 21.7. The lowest BCUT2D eigenvalue weighted by Gasteiger charge is -2.44. The van der Waals surface area contributed by atoms with E-state index < -0.39 is 5.54 Å². The number of nitrogens with one attached hydrogen (secondary N) is 1. The molecule has 0 bridgehead atoms. The second-order valence-electron chi connectivity index (χ2n) is 10.3. The molecule has 2 aromatic carbocycles. The number of carbonyl (C=O) groups excluding carboxylic acids is 3. The number of benzene rings is 2. The van der Waals surface area contributed by atoms with Crippen LogP contribution >= 0.6 is 0 Å². The summed E-state index contributed by atoms with van der Waals surface area (Å²) in [6, 6.07) is 19.8. The number of nitrogens with zero attached hydrogens (tertiary/aromatic N) is 3. The zero-order valence-electron chi connectivity index (χ0n) is 21.7. The fourth-order valence-electron chi connectivity index (χ4n) is 5.43. The smallest absolute Gasteiger partial charge is 0.250 e. The van der Waals surface area contributed by atoms with E-state index >= 15 is 0 Å². The summed E-state index contributed by atoms with van der Waals surface area (Å²) in [6.07, 6.45) is 1.82. The molecule has 2 aliphatic heterocycles. The predicted molar refractivity (Wildman–Crippen MR) is 141 cm³/mol. The Morgan fingerprint density at radius 3 is 2.17 bits per heavy atom. The van der Waals surface area contributed by atoms with Gasteiger partial charge in [-0.05, 0) is 42.9 Å². The van der Waals surface area contributed by atoms with Crippen LogP contribution in [0.5, 0.6) is 0 Å². The van der Waals surface area contributed by atoms with Crippen molar-refractivity contribution in [2.24, 2.45) is 5.92 Å². The maximum absolute atomic E-state index is 13.8. The van der Waals surface area contributed by atoms with Crippen molar-refractivity contribution in [1.29, 1.82) is 0 Å². The Bertz CT molecular complexity index is 1050. The molecule has 2 saturated heterocycles. The van der Waals surface area contributed by atoms with Crippen molar-refractivity contribution in [3.8, 4) is 0 Å². The quantitative estimate of drug-likeness (QED) is 0.614. The monoisotopic (exact) mass is 490 g/mol. The van der Waals surface area contributed by atoms with Crippen molar-refractivity contribution in [3.05, 3.63) is 66.2 Å². The minimum absolute atomic E-state index is 0.0201. The highest BCUT2D eigenvalue weighted by Crippen LogP contribution is 2.40. The number of carbonyl (C=O) groups is 3. The summed E-state index contributed by atoms with van der Waals surface area (Å²) in [7, 11) is 0. The molecule has 2 aliphatic rings. The van der Waals surface area contributed by atoms with Gasteiger partial charge in [-0.25, -0.2) is 0 Å². The predicted octanol–water partition coefficient (Wildman–Crippen LogP) is 3.62. The molecule has 0 radical (unpaired) electrons. The second-order valence-corrected chi connectivity index (χ2v) is 10.3. The highest BCUT2D eigenvalue weighted by atomic mass is 16.2. The maximum Gasteiger partial charge on any atom is 0.250 e. The van der Waals surface area contributed by atoms with Gasteiger partial charge < -0.3 is 20.0 Å². The molecule has 1 N–H and O–H groups in total. The van der Waals surface area contributed by atoms with Crippen molar-refractivity contribution in [3.63, 3.8) is 0 Å². The van der Waals surface area contributed by atoms with Crippen LogP contribution in [0.15, 0.2) is 60.7 Å². The fourth-order valence-corrected chi connectivity index (χ4v) is 5.43. The van der Waals surface area contributed by atoms with E-state index in [9.17, 15) is 14.4 Å². The van der Waals surface area contributed by atoms with Crippen LogP contribution in [0.25, 0.3) is 0 Å². The molecular formula is C29H38N4O3. The SMILES string of the molecule is CCC(C(=O)N1CCC2(CC1)C(=O)N(CC(=O)NCC(C)C)CN2c1ccccc1)c1ccccc1. The molecule has 7 heteroatoms. The summed E-state index contributed by atoms with van der Waals surface area (Å²) in [6.45, 7) is 8.17. The molecule has 0 saturated carbocycles. The molecule has 3 amide bonds. The van der Waals surface area contributed by atoms with Crippen molar-refractivity contribution < 1.29 is 14.4 Å². The number of hydrogen-bond donors (Lipinski definition) is 1. The lowest BCUT2D eigenvalue weighted by atomic mass is 9.84. The van der Waals surface area contributed by atoms with Crippen LogP contribution in [0.2, 0.25) is 0 Å². The van der Waals surface area contributed by atoms with Gasteiger partial charge in [0.05, 0.1) is 12.6 Å². The number of rotatable bonds is 8. The van der Waals surface area contributed by atoms with E-state index in [0.717, 1.165) is 17.7 Å². The number of para-hydroxylation sites is 1. The molecule has 2 aromatic rings. The summed E-state index contributed by atoms with van der Waals surface area (Å²) >= 11 is 0. The molecule has 2 fully saturated rings. The van der Waals surface area contributed by atoms with Gasteiger partial charge in [0.15, 0.2) is 0 Å². The summed E-state index contributed by atoms with van der Waals surface area (Å²) in [5.74, 6) is 0.141. The summed E-state index contributed by atoms with van der Waals surface area (Å²) in [5, 5.41) is 2.93. The van der Waals surface area contributed by atoms with Crippen molar-refractivity contribution in [2.45, 2.75) is 51.5 Å². The number of hydrogen-bond acceptors (Lipinski definition) is 4. The normalized spacial score (nSPS) is 18.1. The van der Waals surface area contributed by atoms with E-state index in [2.05, 4.69) is 10.2 Å². The minimum Gasteiger partial charge on any atom is -0.354 e. The van der Waals surface area contributed by atoms with Crippen molar-refractivity contribution in [1.82, 2.24) is 15.1 Å². The van der Waals surface area contributed by atoms with Crippen LogP contribution in [-0.4, -0.2) is 65.9 Å². The highest BCUT2D eigenvalue weighted by molar-refractivity contribution is 5.96. The number of piperidine rings is 1. The number of likely N-dealkylation sites (tertiary alicyclic amines) is 1. The standard InChI is InChI=1S/C29H38N4O3/c1-4-25(23-11-7-5-8-12-23)27(35)31-17-15-29(16-18-31)28(36)32(20-26(34)30-19-22(2)3)21-33(29)24-13-9-6-10-14-24/h5-14,22,25H,4,15-21H2,1-3H3,(H,30,34). The third kappa shape index (κ3) is 5.25. The van der Waals surface area contributed by atoms with Crippen LogP contribution in [0.3, 0.4) is 0 Å². The summed E-state index contributed by atoms with van der Waals surface area (Å²) < 4.78 is 0. The van der Waals surface area contributed by atoms with Crippen LogP contribution in [0.1, 0.15) is 51.5 Å². The first-order chi connectivity index (χ1) is 17.4. The third-order valence-corrected chi connectivity index (χ3v) is 7.43. The van der Waals surface area contributed by atoms with Crippen LogP contribution in [0, 0.1) is 5.92 Å². The molecule has 0 aliphatic carbocycles. The zero-order chi connectivity index (χ0) is 25.7. The van der Waals surface area contributed by atoms with Gasteiger partial charge in [-0.1, -0.05) is 69.3 Å². The molecule has 0 aromatic heterocycles. The van der Waals surface area contributed by atoms with Crippen LogP contribution in [-0.2, 0) is 14.4 Å². The first-order valence-corrected chi connectivity index (χ1v) is 13.1. The van der Waals surface area contributed by atoms with E-state index in [4.69, 9.17) is 0 Å². The van der Waals surface area contributed by atoms with Crippen LogP contribution < -0.4 is 10.2 Å². The fraction of sp³-hybridized carbons (Fsp3) is 0.483. The molecule has 36 heavy (non-hydrogen) atoms. The van der Waals surface area contributed by atoms with E-state index in [0.29, 0.717) is 45.1 Å². The molecule has 4 rings (SSSR count). The second kappa shape index (κ2) is 11.1. The van der Waals surface area contributed by atoms with Gasteiger partial charge in [-0.15, -0.1) is 0 Å². The van der Waals surface area contributed by atoms with E-state index in [-0.39, 0.29) is 30.2 Å². The Morgan fingerprint density at radius 2 is 1.58 bits per heavy atom. The topological polar surface area (TPSA) is 73.0 Å².